The summed E-state index contributed by atoms with van der Waals surface area (Å²) in [5, 5.41) is 0.494. The molecule has 102 valence electrons. The molecule has 1 aliphatic heterocycles. The molecule has 1 aliphatic rings. The van der Waals surface area contributed by atoms with E-state index in [0.717, 1.165) is 5.56 Å². The number of hydrogen-bond acceptors (Lipinski definition) is 3. The summed E-state index contributed by atoms with van der Waals surface area (Å²) < 4.78 is 10.9. The fourth-order valence-corrected chi connectivity index (χ4v) is 1.95. The monoisotopic (exact) mass is 281 g/mol. The topological polar surface area (TPSA) is 38.8 Å². The van der Waals surface area contributed by atoms with Crippen LogP contribution in [0.3, 0.4) is 0 Å². The van der Waals surface area contributed by atoms with E-state index in [9.17, 15) is 4.79 Å². The number of halogens is 1. The van der Waals surface area contributed by atoms with Crippen LogP contribution in [0.5, 0.6) is 11.5 Å². The van der Waals surface area contributed by atoms with Gasteiger partial charge in [-0.15, -0.1) is 0 Å². The van der Waals surface area contributed by atoms with Gasteiger partial charge in [-0.1, -0.05) is 11.6 Å². The Morgan fingerprint density at radius 2 is 2.16 bits per heavy atom. The summed E-state index contributed by atoms with van der Waals surface area (Å²) in [5.74, 6) is 1.14. The highest BCUT2D eigenvalue weighted by Crippen LogP contribution is 2.38. The predicted molar refractivity (Wildman–Crippen MR) is 74.8 cm³/mol. The Labute approximate surface area is 117 Å². The summed E-state index contributed by atoms with van der Waals surface area (Å²) in [6.45, 7) is 3.60. The fourth-order valence-electron chi connectivity index (χ4n) is 1.68. The van der Waals surface area contributed by atoms with Crippen LogP contribution in [-0.2, 0) is 4.79 Å². The van der Waals surface area contributed by atoms with Crippen LogP contribution in [0.25, 0.3) is 6.08 Å². The molecule has 0 N–H and O–H groups in total. The summed E-state index contributed by atoms with van der Waals surface area (Å²) in [6.07, 6.45) is 3.24. The first-order valence-corrected chi connectivity index (χ1v) is 6.52. The Balaban J connectivity index is 2.20. The molecule has 0 aromatic heterocycles. The first kappa shape index (κ1) is 13.7. The summed E-state index contributed by atoms with van der Waals surface area (Å²) >= 11 is 6.12. The molecule has 2 rings (SSSR count). The summed E-state index contributed by atoms with van der Waals surface area (Å²) in [5.41, 5.74) is 0.812. The Hall–Kier alpha value is -1.68. The van der Waals surface area contributed by atoms with Crippen LogP contribution in [0.15, 0.2) is 18.2 Å². The van der Waals surface area contributed by atoms with E-state index in [1.165, 1.54) is 6.08 Å². The molecule has 0 radical (unpaired) electrons. The number of benzene rings is 1. The average Bonchev–Trinajstić information content (AvgIpc) is 2.44. The van der Waals surface area contributed by atoms with Gasteiger partial charge in [0.15, 0.2) is 11.5 Å². The van der Waals surface area contributed by atoms with Crippen LogP contribution in [0.1, 0.15) is 12.5 Å². The van der Waals surface area contributed by atoms with Gasteiger partial charge >= 0.3 is 0 Å². The van der Waals surface area contributed by atoms with Crippen LogP contribution >= 0.6 is 11.6 Å². The van der Waals surface area contributed by atoms with E-state index >= 15 is 0 Å². The lowest BCUT2D eigenvalue weighted by Crippen LogP contribution is -2.23. The van der Waals surface area contributed by atoms with Gasteiger partial charge in [-0.3, -0.25) is 4.79 Å². The molecule has 5 heteroatoms. The molecule has 0 fully saturated rings. The SMILES string of the molecule is CCN(C)C(=O)/C=C/c1cc(Cl)c2c(c1)OCCO2. The molecular weight excluding hydrogens is 266 g/mol. The van der Waals surface area contributed by atoms with Gasteiger partial charge < -0.3 is 14.4 Å². The second kappa shape index (κ2) is 5.97. The molecule has 0 saturated carbocycles. The maximum atomic E-state index is 11.7. The minimum Gasteiger partial charge on any atom is -0.486 e. The highest BCUT2D eigenvalue weighted by Gasteiger charge is 2.16. The van der Waals surface area contributed by atoms with E-state index in [2.05, 4.69) is 0 Å². The van der Waals surface area contributed by atoms with Crippen molar-refractivity contribution in [3.05, 3.63) is 28.8 Å². The van der Waals surface area contributed by atoms with Crippen molar-refractivity contribution in [1.29, 1.82) is 0 Å². The zero-order chi connectivity index (χ0) is 13.8. The molecule has 19 heavy (non-hydrogen) atoms. The van der Waals surface area contributed by atoms with E-state index in [1.54, 1.807) is 24.1 Å². The number of carbonyl (C=O) groups is 1. The molecule has 0 aliphatic carbocycles. The van der Waals surface area contributed by atoms with Gasteiger partial charge in [0, 0.05) is 19.7 Å². The molecule has 1 aromatic rings. The van der Waals surface area contributed by atoms with Gasteiger partial charge in [0.2, 0.25) is 5.91 Å². The first-order valence-electron chi connectivity index (χ1n) is 6.14. The van der Waals surface area contributed by atoms with Crippen molar-refractivity contribution < 1.29 is 14.3 Å². The maximum absolute atomic E-state index is 11.7. The summed E-state index contributed by atoms with van der Waals surface area (Å²) in [6, 6.07) is 3.57. The van der Waals surface area contributed by atoms with E-state index in [0.29, 0.717) is 36.3 Å². The van der Waals surface area contributed by atoms with Crippen molar-refractivity contribution in [2.75, 3.05) is 26.8 Å². The van der Waals surface area contributed by atoms with Gasteiger partial charge in [0.25, 0.3) is 0 Å². The van der Waals surface area contributed by atoms with E-state index in [-0.39, 0.29) is 5.91 Å². The second-order valence-corrected chi connectivity index (χ2v) is 4.62. The number of carbonyl (C=O) groups excluding carboxylic acids is 1. The van der Waals surface area contributed by atoms with Crippen molar-refractivity contribution in [1.82, 2.24) is 4.90 Å². The maximum Gasteiger partial charge on any atom is 0.246 e. The molecule has 0 spiro atoms. The molecule has 1 amide bonds. The zero-order valence-corrected chi connectivity index (χ0v) is 11.7. The lowest BCUT2D eigenvalue weighted by atomic mass is 10.1. The number of fused-ring (bicyclic) bond motifs is 1. The number of hydrogen-bond donors (Lipinski definition) is 0. The molecule has 1 heterocycles. The minimum absolute atomic E-state index is 0.0477. The minimum atomic E-state index is -0.0477. The van der Waals surface area contributed by atoms with Crippen molar-refractivity contribution >= 4 is 23.6 Å². The lowest BCUT2D eigenvalue weighted by Gasteiger charge is -2.19. The molecular formula is C14H16ClNO3. The molecule has 0 unspecified atom stereocenters. The van der Waals surface area contributed by atoms with Crippen LogP contribution < -0.4 is 9.47 Å². The number of likely N-dealkylation sites (N-methyl/N-ethyl adjacent to an activating group) is 1. The molecule has 0 atom stereocenters. The first-order chi connectivity index (χ1) is 9.11. The van der Waals surface area contributed by atoms with E-state index < -0.39 is 0 Å². The third-order valence-electron chi connectivity index (χ3n) is 2.89. The van der Waals surface area contributed by atoms with Crippen molar-refractivity contribution in [3.63, 3.8) is 0 Å². The van der Waals surface area contributed by atoms with Crippen molar-refractivity contribution in [2.45, 2.75) is 6.92 Å². The molecule has 1 aromatic carbocycles. The summed E-state index contributed by atoms with van der Waals surface area (Å²) in [4.78, 5) is 13.3. The van der Waals surface area contributed by atoms with Crippen molar-refractivity contribution in [2.24, 2.45) is 0 Å². The third kappa shape index (κ3) is 3.20. The molecule has 4 nitrogen and oxygen atoms in total. The van der Waals surface area contributed by atoms with Gasteiger partial charge in [-0.2, -0.15) is 0 Å². The Morgan fingerprint density at radius 3 is 2.89 bits per heavy atom. The highest BCUT2D eigenvalue weighted by molar-refractivity contribution is 6.32. The summed E-state index contributed by atoms with van der Waals surface area (Å²) in [7, 11) is 1.75. The van der Waals surface area contributed by atoms with Crippen molar-refractivity contribution in [3.8, 4) is 11.5 Å². The highest BCUT2D eigenvalue weighted by atomic mass is 35.5. The Kier molecular flexibility index (Phi) is 4.32. The smallest absolute Gasteiger partial charge is 0.246 e. The van der Waals surface area contributed by atoms with Gasteiger partial charge in [0.05, 0.1) is 5.02 Å². The lowest BCUT2D eigenvalue weighted by molar-refractivity contribution is -0.124. The molecule has 0 saturated heterocycles. The number of rotatable bonds is 3. The average molecular weight is 282 g/mol. The second-order valence-electron chi connectivity index (χ2n) is 4.21. The van der Waals surface area contributed by atoms with Crippen LogP contribution in [0, 0.1) is 0 Å². The molecule has 0 bridgehead atoms. The standard InChI is InChI=1S/C14H16ClNO3/c1-3-16(2)13(17)5-4-10-8-11(15)14-12(9-10)18-6-7-19-14/h4-5,8-9H,3,6-7H2,1-2H3/b5-4+. The Bertz CT molecular complexity index is 514. The fraction of sp³-hybridized carbons (Fsp3) is 0.357. The number of amides is 1. The van der Waals surface area contributed by atoms with Crippen LogP contribution in [0.4, 0.5) is 0 Å². The number of nitrogens with zero attached hydrogens (tertiary/aromatic N) is 1. The predicted octanol–water partition coefficient (Wildman–Crippen LogP) is 2.60. The Morgan fingerprint density at radius 1 is 1.42 bits per heavy atom. The van der Waals surface area contributed by atoms with E-state index in [1.807, 2.05) is 13.0 Å². The number of ether oxygens (including phenoxy) is 2. The zero-order valence-electron chi connectivity index (χ0n) is 11.0. The van der Waals surface area contributed by atoms with Crippen LogP contribution in [0.2, 0.25) is 5.02 Å². The van der Waals surface area contributed by atoms with E-state index in [4.69, 9.17) is 21.1 Å². The third-order valence-corrected chi connectivity index (χ3v) is 3.17. The van der Waals surface area contributed by atoms with Crippen LogP contribution in [-0.4, -0.2) is 37.6 Å². The normalized spacial score (nSPS) is 13.6. The quantitative estimate of drug-likeness (QED) is 0.800. The largest absolute Gasteiger partial charge is 0.486 e. The van der Waals surface area contributed by atoms with Gasteiger partial charge in [-0.25, -0.2) is 0 Å². The van der Waals surface area contributed by atoms with Gasteiger partial charge in [0.1, 0.15) is 13.2 Å². The van der Waals surface area contributed by atoms with Gasteiger partial charge in [-0.05, 0) is 30.7 Å².